The van der Waals surface area contributed by atoms with Crippen molar-refractivity contribution in [3.8, 4) is 6.07 Å². The van der Waals surface area contributed by atoms with Gasteiger partial charge in [0.1, 0.15) is 28.8 Å². The van der Waals surface area contributed by atoms with E-state index in [0.29, 0.717) is 16.3 Å². The lowest BCUT2D eigenvalue weighted by molar-refractivity contribution is -0.126. The number of thiophene rings is 1. The van der Waals surface area contributed by atoms with Crippen molar-refractivity contribution in [3.05, 3.63) is 70.0 Å². The maximum atomic E-state index is 13.8. The van der Waals surface area contributed by atoms with Crippen LogP contribution in [0.4, 0.5) is 10.7 Å². The van der Waals surface area contributed by atoms with Gasteiger partial charge in [0.05, 0.1) is 17.5 Å². The second kappa shape index (κ2) is 7.58. The molecule has 0 unspecified atom stereocenters. The van der Waals surface area contributed by atoms with Crippen molar-refractivity contribution >= 4 is 33.8 Å². The number of benzene rings is 1. The van der Waals surface area contributed by atoms with Gasteiger partial charge in [-0.1, -0.05) is 18.2 Å². The van der Waals surface area contributed by atoms with Crippen LogP contribution in [-0.2, 0) is 27.3 Å². The van der Waals surface area contributed by atoms with E-state index in [1.165, 1.54) is 16.2 Å². The van der Waals surface area contributed by atoms with Crippen LogP contribution in [0, 0.1) is 24.2 Å². The smallest absolute Gasteiger partial charge is 0.267 e. The fourth-order valence-corrected chi connectivity index (χ4v) is 6.56. The van der Waals surface area contributed by atoms with Crippen LogP contribution in [0.15, 0.2) is 47.1 Å². The summed E-state index contributed by atoms with van der Waals surface area (Å²) in [7, 11) is 0. The molecule has 3 aliphatic rings. The predicted molar refractivity (Wildman–Crippen MR) is 122 cm³/mol. The van der Waals surface area contributed by atoms with Crippen LogP contribution >= 0.6 is 11.3 Å². The summed E-state index contributed by atoms with van der Waals surface area (Å²) in [6, 6.07) is 12.9. The van der Waals surface area contributed by atoms with Gasteiger partial charge in [-0.3, -0.25) is 14.4 Å². The highest BCUT2D eigenvalue weighted by molar-refractivity contribution is 7.17. The van der Waals surface area contributed by atoms with Gasteiger partial charge in [-0.25, -0.2) is 9.96 Å². The Bertz CT molecular complexity index is 1310. The first-order valence-corrected chi connectivity index (χ1v) is 11.9. The number of nitrogens with zero attached hydrogens (tertiary/aromatic N) is 3. The highest BCUT2D eigenvalue weighted by Gasteiger charge is 2.62. The number of fused-ring (bicyclic) bond motifs is 2. The normalized spacial score (nSPS) is 24.2. The van der Waals surface area contributed by atoms with Gasteiger partial charge in [-0.15, -0.1) is 11.3 Å². The molecule has 8 heteroatoms. The molecule has 0 saturated carbocycles. The fourth-order valence-electron chi connectivity index (χ4n) is 5.21. The summed E-state index contributed by atoms with van der Waals surface area (Å²) in [6.45, 7) is 1.96. The quantitative estimate of drug-likeness (QED) is 0.538. The number of furan rings is 1. The number of carbonyl (C=O) groups is 2. The summed E-state index contributed by atoms with van der Waals surface area (Å²) < 4.78 is 5.70. The number of hydrogen-bond donors (Lipinski definition) is 0. The molecule has 0 spiro atoms. The summed E-state index contributed by atoms with van der Waals surface area (Å²) in [5, 5.41) is 12.0. The van der Waals surface area contributed by atoms with Crippen molar-refractivity contribution in [2.24, 2.45) is 5.92 Å². The third-order valence-corrected chi connectivity index (χ3v) is 8.05. The number of nitriles is 1. The van der Waals surface area contributed by atoms with Gasteiger partial charge in [0.15, 0.2) is 6.10 Å². The lowest BCUT2D eigenvalue weighted by Crippen LogP contribution is -2.37. The minimum absolute atomic E-state index is 0.349. The van der Waals surface area contributed by atoms with E-state index in [1.807, 2.05) is 31.2 Å². The van der Waals surface area contributed by atoms with E-state index < -0.39 is 24.0 Å². The first kappa shape index (κ1) is 20.2. The van der Waals surface area contributed by atoms with Crippen LogP contribution in [0.5, 0.6) is 0 Å². The number of rotatable bonds is 3. The molecule has 4 heterocycles. The van der Waals surface area contributed by atoms with E-state index in [9.17, 15) is 14.9 Å². The lowest BCUT2D eigenvalue weighted by atomic mass is 9.94. The fraction of sp³-hybridized carbons (Fsp3) is 0.320. The molecular weight excluding hydrogens is 438 g/mol. The summed E-state index contributed by atoms with van der Waals surface area (Å²) in [6.07, 6.45) is 4.34. The van der Waals surface area contributed by atoms with Crippen molar-refractivity contribution in [3.63, 3.8) is 0 Å². The zero-order valence-corrected chi connectivity index (χ0v) is 18.8. The molecule has 0 bridgehead atoms. The summed E-state index contributed by atoms with van der Waals surface area (Å²) in [4.78, 5) is 35.9. The second-order valence-electron chi connectivity index (χ2n) is 8.64. The van der Waals surface area contributed by atoms with E-state index in [2.05, 4.69) is 6.07 Å². The molecular formula is C25H21N3O4S. The van der Waals surface area contributed by atoms with Gasteiger partial charge in [0, 0.05) is 4.88 Å². The van der Waals surface area contributed by atoms with E-state index in [-0.39, 0.29) is 5.91 Å². The molecule has 2 amide bonds. The number of hydroxylamine groups is 1. The Morgan fingerprint density at radius 1 is 1.09 bits per heavy atom. The van der Waals surface area contributed by atoms with Gasteiger partial charge in [-0.05, 0) is 61.9 Å². The third-order valence-electron chi connectivity index (χ3n) is 6.77. The van der Waals surface area contributed by atoms with Crippen molar-refractivity contribution < 1.29 is 18.8 Å². The van der Waals surface area contributed by atoms with Crippen molar-refractivity contribution in [2.75, 3.05) is 9.96 Å². The topological polar surface area (TPSA) is 86.8 Å². The van der Waals surface area contributed by atoms with Gasteiger partial charge >= 0.3 is 0 Å². The van der Waals surface area contributed by atoms with Gasteiger partial charge in [0.2, 0.25) is 5.91 Å². The lowest BCUT2D eigenvalue weighted by Gasteiger charge is -2.28. The number of aryl methyl sites for hydroxylation is 2. The summed E-state index contributed by atoms with van der Waals surface area (Å²) in [5.41, 5.74) is 3.20. The van der Waals surface area contributed by atoms with Crippen LogP contribution in [-0.4, -0.2) is 17.9 Å². The molecule has 0 radical (unpaired) electrons. The molecule has 2 saturated heterocycles. The molecule has 2 aliphatic heterocycles. The van der Waals surface area contributed by atoms with Crippen LogP contribution in [0.3, 0.4) is 0 Å². The Hall–Kier alpha value is -3.41. The molecule has 1 aromatic carbocycles. The zero-order chi connectivity index (χ0) is 22.7. The Kier molecular flexibility index (Phi) is 4.64. The highest BCUT2D eigenvalue weighted by Crippen LogP contribution is 2.50. The SMILES string of the molecule is Cc1ccccc1N1O[C@@H]2C(=O)N(c3sc4c(c3C#N)CCCC4)C(=O)[C@@H]2[C@@H]1c1ccco1. The van der Waals surface area contributed by atoms with Gasteiger partial charge in [-0.2, -0.15) is 5.26 Å². The standard InChI is InChI=1S/C25H21N3O4S/c1-14-7-2-4-9-17(14)28-21(18-10-6-12-31-18)20-22(32-28)24(30)27(23(20)29)25-16(13-26)15-8-3-5-11-19(15)33-25/h2,4,6-7,9-10,12,20-22H,3,5,8,11H2,1H3/t20-,21+,22+/m1/s1. The summed E-state index contributed by atoms with van der Waals surface area (Å²) in [5.74, 6) is -0.987. The second-order valence-corrected chi connectivity index (χ2v) is 9.72. The first-order valence-electron chi connectivity index (χ1n) is 11.1. The zero-order valence-electron chi connectivity index (χ0n) is 18.0. The Morgan fingerprint density at radius 2 is 1.91 bits per heavy atom. The number of carbonyl (C=O) groups excluding carboxylic acids is 2. The maximum absolute atomic E-state index is 13.8. The Morgan fingerprint density at radius 3 is 2.67 bits per heavy atom. The Balaban J connectivity index is 1.44. The molecule has 3 atom stereocenters. The van der Waals surface area contributed by atoms with Crippen LogP contribution < -0.4 is 9.96 Å². The van der Waals surface area contributed by atoms with E-state index >= 15 is 0 Å². The molecule has 33 heavy (non-hydrogen) atoms. The summed E-state index contributed by atoms with van der Waals surface area (Å²) >= 11 is 1.40. The number of hydrogen-bond acceptors (Lipinski definition) is 7. The minimum Gasteiger partial charge on any atom is -0.467 e. The molecule has 2 fully saturated rings. The third kappa shape index (κ3) is 2.89. The molecule has 6 rings (SSSR count). The Labute approximate surface area is 194 Å². The molecule has 0 N–H and O–H groups in total. The molecule has 7 nitrogen and oxygen atoms in total. The van der Waals surface area contributed by atoms with Crippen molar-refractivity contribution in [1.82, 2.24) is 0 Å². The van der Waals surface area contributed by atoms with Crippen LogP contribution in [0.25, 0.3) is 0 Å². The van der Waals surface area contributed by atoms with Crippen molar-refractivity contribution in [1.29, 1.82) is 5.26 Å². The molecule has 1 aliphatic carbocycles. The van der Waals surface area contributed by atoms with E-state index in [0.717, 1.165) is 47.4 Å². The van der Waals surface area contributed by atoms with Crippen LogP contribution in [0.2, 0.25) is 0 Å². The highest BCUT2D eigenvalue weighted by atomic mass is 32.1. The largest absolute Gasteiger partial charge is 0.467 e. The first-order chi connectivity index (χ1) is 16.1. The number of anilines is 2. The van der Waals surface area contributed by atoms with E-state index in [4.69, 9.17) is 9.25 Å². The van der Waals surface area contributed by atoms with Crippen LogP contribution in [0.1, 0.15) is 46.2 Å². The predicted octanol–water partition coefficient (Wildman–Crippen LogP) is 4.45. The van der Waals surface area contributed by atoms with Gasteiger partial charge < -0.3 is 4.42 Å². The number of para-hydroxylation sites is 1. The average molecular weight is 460 g/mol. The minimum atomic E-state index is -0.974. The molecule has 2 aromatic heterocycles. The number of imide groups is 1. The average Bonchev–Trinajstić information content (AvgIpc) is 3.58. The number of amides is 2. The van der Waals surface area contributed by atoms with Crippen molar-refractivity contribution in [2.45, 2.75) is 44.8 Å². The molecule has 166 valence electrons. The monoisotopic (exact) mass is 459 g/mol. The maximum Gasteiger partial charge on any atom is 0.267 e. The van der Waals surface area contributed by atoms with Gasteiger partial charge in [0.25, 0.3) is 5.91 Å². The molecule has 3 aromatic rings. The van der Waals surface area contributed by atoms with E-state index in [1.54, 1.807) is 23.5 Å².